The lowest BCUT2D eigenvalue weighted by molar-refractivity contribution is -0.0440. The lowest BCUT2D eigenvalue weighted by Gasteiger charge is -2.34. The Balaban J connectivity index is 1.61. The molecule has 156 valence electrons. The molecule has 1 aliphatic heterocycles. The lowest BCUT2D eigenvalue weighted by Crippen LogP contribution is -2.48. The minimum atomic E-state index is -3.65. The van der Waals surface area contributed by atoms with Crippen LogP contribution in [0.15, 0.2) is 53.4 Å². The molecule has 0 unspecified atom stereocenters. The number of hydrogen-bond donors (Lipinski definition) is 1. The van der Waals surface area contributed by atoms with Gasteiger partial charge in [0.15, 0.2) is 0 Å². The molecule has 0 saturated carbocycles. The summed E-state index contributed by atoms with van der Waals surface area (Å²) in [5, 5.41) is 2.73. The van der Waals surface area contributed by atoms with Crippen LogP contribution in [0.3, 0.4) is 0 Å². The highest BCUT2D eigenvalue weighted by molar-refractivity contribution is 7.89. The topological polar surface area (TPSA) is 75.7 Å². The first-order valence-electron chi connectivity index (χ1n) is 9.54. The summed E-state index contributed by atoms with van der Waals surface area (Å²) < 4.78 is 46.3. The van der Waals surface area contributed by atoms with E-state index in [0.29, 0.717) is 30.6 Å². The smallest absolute Gasteiger partial charge is 0.251 e. The van der Waals surface area contributed by atoms with Crippen LogP contribution in [0.2, 0.25) is 0 Å². The van der Waals surface area contributed by atoms with Gasteiger partial charge in [0.05, 0.1) is 17.1 Å². The average Bonchev–Trinajstić information content (AvgIpc) is 2.68. The molecule has 0 spiro atoms. The maximum absolute atomic E-state index is 13.6. The van der Waals surface area contributed by atoms with E-state index in [1.165, 1.54) is 34.6 Å². The van der Waals surface area contributed by atoms with E-state index in [4.69, 9.17) is 4.74 Å². The second-order valence-corrected chi connectivity index (χ2v) is 9.14. The van der Waals surface area contributed by atoms with E-state index < -0.39 is 10.0 Å². The fourth-order valence-corrected chi connectivity index (χ4v) is 4.96. The van der Waals surface area contributed by atoms with E-state index in [0.717, 1.165) is 0 Å². The van der Waals surface area contributed by atoms with Crippen LogP contribution in [0.4, 0.5) is 4.39 Å². The van der Waals surface area contributed by atoms with E-state index in [2.05, 4.69) is 5.32 Å². The number of nitrogens with zero attached hydrogens (tertiary/aromatic N) is 1. The number of carbonyl (C=O) groups is 1. The zero-order valence-corrected chi connectivity index (χ0v) is 17.3. The Morgan fingerprint density at radius 1 is 1.10 bits per heavy atom. The van der Waals surface area contributed by atoms with Crippen LogP contribution >= 0.6 is 0 Å². The third-order valence-corrected chi connectivity index (χ3v) is 6.62. The minimum Gasteiger partial charge on any atom is -0.373 e. The van der Waals surface area contributed by atoms with E-state index in [1.54, 1.807) is 18.2 Å². The molecule has 1 fully saturated rings. The predicted molar refractivity (Wildman–Crippen MR) is 108 cm³/mol. The zero-order chi connectivity index (χ0) is 21.0. The summed E-state index contributed by atoms with van der Waals surface area (Å²) in [6.07, 6.45) is 0.0270. The molecule has 0 radical (unpaired) electrons. The summed E-state index contributed by atoms with van der Waals surface area (Å²) >= 11 is 0. The van der Waals surface area contributed by atoms with Crippen molar-refractivity contribution in [3.8, 4) is 0 Å². The number of rotatable bonds is 6. The van der Waals surface area contributed by atoms with Gasteiger partial charge < -0.3 is 10.1 Å². The van der Waals surface area contributed by atoms with Gasteiger partial charge in [-0.05, 0) is 56.2 Å². The molecule has 2 aromatic carbocycles. The molecule has 0 aromatic heterocycles. The van der Waals surface area contributed by atoms with Gasteiger partial charge in [-0.2, -0.15) is 4.31 Å². The molecule has 0 aliphatic carbocycles. The van der Waals surface area contributed by atoms with Crippen molar-refractivity contribution >= 4 is 15.9 Å². The molecular formula is C21H25FN2O4S. The monoisotopic (exact) mass is 420 g/mol. The first-order chi connectivity index (χ1) is 13.8. The Morgan fingerprint density at radius 2 is 1.72 bits per heavy atom. The molecule has 1 N–H and O–H groups in total. The molecule has 1 amide bonds. The Morgan fingerprint density at radius 3 is 2.34 bits per heavy atom. The Hall–Kier alpha value is -2.29. The van der Waals surface area contributed by atoms with E-state index in [-0.39, 0.29) is 35.4 Å². The van der Waals surface area contributed by atoms with Crippen molar-refractivity contribution in [1.82, 2.24) is 9.62 Å². The van der Waals surface area contributed by atoms with Gasteiger partial charge in [0.1, 0.15) is 5.82 Å². The molecule has 8 heteroatoms. The highest BCUT2D eigenvalue weighted by Crippen LogP contribution is 2.21. The van der Waals surface area contributed by atoms with Crippen molar-refractivity contribution in [1.29, 1.82) is 0 Å². The van der Waals surface area contributed by atoms with Crippen molar-refractivity contribution in [2.45, 2.75) is 37.4 Å². The van der Waals surface area contributed by atoms with Crippen LogP contribution in [0.5, 0.6) is 0 Å². The van der Waals surface area contributed by atoms with Gasteiger partial charge in [-0.15, -0.1) is 0 Å². The summed E-state index contributed by atoms with van der Waals surface area (Å²) in [6.45, 7) is 4.55. The largest absolute Gasteiger partial charge is 0.373 e. The molecule has 2 aromatic rings. The number of benzene rings is 2. The van der Waals surface area contributed by atoms with Crippen LogP contribution in [0, 0.1) is 5.82 Å². The van der Waals surface area contributed by atoms with Crippen molar-refractivity contribution < 1.29 is 22.3 Å². The fraction of sp³-hybridized carbons (Fsp3) is 0.381. The number of halogens is 1. The molecule has 2 atom stereocenters. The average molecular weight is 421 g/mol. The maximum atomic E-state index is 13.6. The lowest BCUT2D eigenvalue weighted by atomic mass is 10.1. The predicted octanol–water partition coefficient (Wildman–Crippen LogP) is 2.60. The maximum Gasteiger partial charge on any atom is 0.251 e. The van der Waals surface area contributed by atoms with Crippen molar-refractivity contribution in [2.24, 2.45) is 0 Å². The molecule has 1 heterocycles. The van der Waals surface area contributed by atoms with Gasteiger partial charge in [0, 0.05) is 25.2 Å². The van der Waals surface area contributed by atoms with Crippen LogP contribution < -0.4 is 5.32 Å². The van der Waals surface area contributed by atoms with Gasteiger partial charge in [-0.3, -0.25) is 4.79 Å². The third kappa shape index (κ3) is 5.20. The second kappa shape index (κ2) is 9.02. The summed E-state index contributed by atoms with van der Waals surface area (Å²) in [5.41, 5.74) is 0.879. The summed E-state index contributed by atoms with van der Waals surface area (Å²) in [5.74, 6) is -0.637. The Bertz CT molecular complexity index is 953. The Kier molecular flexibility index (Phi) is 6.66. The van der Waals surface area contributed by atoms with Crippen molar-refractivity contribution in [3.63, 3.8) is 0 Å². The van der Waals surface area contributed by atoms with Crippen LogP contribution in [-0.2, 0) is 21.2 Å². The van der Waals surface area contributed by atoms with Crippen LogP contribution in [0.25, 0.3) is 0 Å². The van der Waals surface area contributed by atoms with E-state index in [9.17, 15) is 17.6 Å². The summed E-state index contributed by atoms with van der Waals surface area (Å²) in [6, 6.07) is 12.3. The molecule has 29 heavy (non-hydrogen) atoms. The number of morpholine rings is 1. The number of hydrogen-bond acceptors (Lipinski definition) is 4. The number of sulfonamides is 1. The van der Waals surface area contributed by atoms with Gasteiger partial charge in [-0.1, -0.05) is 18.2 Å². The molecule has 1 aliphatic rings. The number of carbonyl (C=O) groups excluding carboxylic acids is 1. The first kappa shape index (κ1) is 21.4. The highest BCUT2D eigenvalue weighted by atomic mass is 32.2. The normalized spacial score (nSPS) is 20.4. The van der Waals surface area contributed by atoms with Crippen molar-refractivity contribution in [2.75, 3.05) is 19.6 Å². The highest BCUT2D eigenvalue weighted by Gasteiger charge is 2.32. The molecular weight excluding hydrogens is 395 g/mol. The van der Waals surface area contributed by atoms with Crippen LogP contribution in [0.1, 0.15) is 29.8 Å². The number of ether oxygens (including phenoxy) is 1. The minimum absolute atomic E-state index is 0.140. The van der Waals surface area contributed by atoms with Gasteiger partial charge in [-0.25, -0.2) is 12.8 Å². The fourth-order valence-electron chi connectivity index (χ4n) is 3.37. The summed E-state index contributed by atoms with van der Waals surface area (Å²) in [7, 11) is -3.65. The van der Waals surface area contributed by atoms with Gasteiger partial charge >= 0.3 is 0 Å². The summed E-state index contributed by atoms with van der Waals surface area (Å²) in [4.78, 5) is 12.4. The molecule has 3 rings (SSSR count). The SMILES string of the molecule is C[C@H]1CN(S(=O)(=O)c2ccc(C(=O)NCCc3ccccc3F)cc2)C[C@H](C)O1. The second-order valence-electron chi connectivity index (χ2n) is 7.20. The molecule has 1 saturated heterocycles. The zero-order valence-electron chi connectivity index (χ0n) is 16.5. The Labute approximate surface area is 170 Å². The van der Waals surface area contributed by atoms with E-state index in [1.807, 2.05) is 13.8 Å². The molecule has 6 nitrogen and oxygen atoms in total. The van der Waals surface area contributed by atoms with E-state index >= 15 is 0 Å². The van der Waals surface area contributed by atoms with Crippen LogP contribution in [-0.4, -0.2) is 50.5 Å². The number of amides is 1. The quantitative estimate of drug-likeness (QED) is 0.780. The van der Waals surface area contributed by atoms with Gasteiger partial charge in [0.2, 0.25) is 10.0 Å². The third-order valence-electron chi connectivity index (χ3n) is 4.78. The van der Waals surface area contributed by atoms with Gasteiger partial charge in [0.25, 0.3) is 5.91 Å². The number of nitrogens with one attached hydrogen (secondary N) is 1. The van der Waals surface area contributed by atoms with Crippen molar-refractivity contribution in [3.05, 3.63) is 65.5 Å². The molecule has 0 bridgehead atoms. The standard InChI is InChI=1S/C21H25FN2O4S/c1-15-13-24(14-16(2)28-15)29(26,27)19-9-7-18(8-10-19)21(25)23-12-11-17-5-3-4-6-20(17)22/h3-10,15-16H,11-14H2,1-2H3,(H,23,25)/t15-,16-/m0/s1. The first-order valence-corrected chi connectivity index (χ1v) is 11.0.